The predicted molar refractivity (Wildman–Crippen MR) is 81.1 cm³/mol. The quantitative estimate of drug-likeness (QED) is 0.830. The van der Waals surface area contributed by atoms with Crippen molar-refractivity contribution in [3.8, 4) is 0 Å². The van der Waals surface area contributed by atoms with Gasteiger partial charge in [-0.05, 0) is 17.7 Å². The molecular formula is C14H12Cl2N2O2. The molecule has 0 bridgehead atoms. The average molecular weight is 311 g/mol. The first-order chi connectivity index (χ1) is 9.56. The summed E-state index contributed by atoms with van der Waals surface area (Å²) < 4.78 is 5.07. The van der Waals surface area contributed by atoms with E-state index in [0.717, 1.165) is 5.56 Å². The predicted octanol–water partition coefficient (Wildman–Crippen LogP) is 4.32. The van der Waals surface area contributed by atoms with Crippen LogP contribution in [0.5, 0.6) is 0 Å². The second-order valence-electron chi connectivity index (χ2n) is 4.04. The number of hydrogen-bond acceptors (Lipinski definition) is 3. The van der Waals surface area contributed by atoms with Gasteiger partial charge in [-0.2, -0.15) is 0 Å². The van der Waals surface area contributed by atoms with E-state index in [1.165, 1.54) is 12.1 Å². The second-order valence-corrected chi connectivity index (χ2v) is 4.85. The summed E-state index contributed by atoms with van der Waals surface area (Å²) in [6.07, 6.45) is -0.592. The Morgan fingerprint density at radius 3 is 2.35 bits per heavy atom. The molecule has 2 aromatic carbocycles. The lowest BCUT2D eigenvalue weighted by Crippen LogP contribution is -2.13. The van der Waals surface area contributed by atoms with Crippen LogP contribution in [0.2, 0.25) is 10.0 Å². The molecule has 0 aliphatic carbocycles. The van der Waals surface area contributed by atoms with Crippen molar-refractivity contribution in [1.82, 2.24) is 0 Å². The van der Waals surface area contributed by atoms with E-state index in [-0.39, 0.29) is 22.3 Å². The first-order valence-corrected chi connectivity index (χ1v) is 6.54. The Hall–Kier alpha value is -1.91. The van der Waals surface area contributed by atoms with Crippen LogP contribution >= 0.6 is 23.2 Å². The van der Waals surface area contributed by atoms with E-state index in [0.29, 0.717) is 5.69 Å². The topological polar surface area (TPSA) is 64.3 Å². The molecule has 0 saturated heterocycles. The summed E-state index contributed by atoms with van der Waals surface area (Å²) in [7, 11) is 0. The van der Waals surface area contributed by atoms with Crippen molar-refractivity contribution >= 4 is 40.7 Å². The number of carbonyl (C=O) groups is 1. The van der Waals surface area contributed by atoms with Crippen LogP contribution in [0.4, 0.5) is 16.2 Å². The van der Waals surface area contributed by atoms with Gasteiger partial charge in [0.2, 0.25) is 0 Å². The smallest absolute Gasteiger partial charge is 0.411 e. The number of hydrogen-bond donors (Lipinski definition) is 2. The summed E-state index contributed by atoms with van der Waals surface area (Å²) in [5.74, 6) is 0. The maximum absolute atomic E-state index is 11.6. The van der Waals surface area contributed by atoms with Gasteiger partial charge in [-0.1, -0.05) is 53.5 Å². The maximum atomic E-state index is 11.6. The third kappa shape index (κ3) is 3.79. The van der Waals surface area contributed by atoms with Crippen molar-refractivity contribution in [3.63, 3.8) is 0 Å². The molecule has 0 aliphatic heterocycles. The maximum Gasteiger partial charge on any atom is 0.411 e. The third-order valence-electron chi connectivity index (χ3n) is 2.54. The summed E-state index contributed by atoms with van der Waals surface area (Å²) in [4.78, 5) is 11.6. The molecule has 1 amide bonds. The van der Waals surface area contributed by atoms with Crippen LogP contribution in [0.25, 0.3) is 0 Å². The highest BCUT2D eigenvalue weighted by atomic mass is 35.5. The molecule has 0 fully saturated rings. The van der Waals surface area contributed by atoms with Crippen molar-refractivity contribution in [3.05, 3.63) is 58.1 Å². The number of benzene rings is 2. The summed E-state index contributed by atoms with van der Waals surface area (Å²) >= 11 is 11.7. The monoisotopic (exact) mass is 310 g/mol. The highest BCUT2D eigenvalue weighted by molar-refractivity contribution is 6.39. The van der Waals surface area contributed by atoms with E-state index in [1.54, 1.807) is 0 Å². The molecule has 0 radical (unpaired) electrons. The van der Waals surface area contributed by atoms with Gasteiger partial charge in [-0.3, -0.25) is 5.32 Å². The molecule has 20 heavy (non-hydrogen) atoms. The van der Waals surface area contributed by atoms with Gasteiger partial charge >= 0.3 is 6.09 Å². The molecule has 104 valence electrons. The molecule has 6 heteroatoms. The number of amides is 1. The number of carbonyl (C=O) groups excluding carboxylic acids is 1. The Morgan fingerprint density at radius 1 is 1.15 bits per heavy atom. The fourth-order valence-corrected chi connectivity index (χ4v) is 2.02. The number of anilines is 2. The standard InChI is InChI=1S/C14H12Cl2N2O2/c15-11-6-10(7-12(16)13(11)17)18-14(19)20-8-9-4-2-1-3-5-9/h1-7H,8,17H2,(H,18,19). The minimum absolute atomic E-state index is 0.184. The molecule has 0 atom stereocenters. The second kappa shape index (κ2) is 6.50. The molecular weight excluding hydrogens is 299 g/mol. The minimum atomic E-state index is -0.592. The number of nitrogens with one attached hydrogen (secondary N) is 1. The van der Waals surface area contributed by atoms with Crippen molar-refractivity contribution in [2.24, 2.45) is 0 Å². The first-order valence-electron chi connectivity index (χ1n) is 5.78. The number of nitrogen functional groups attached to an aromatic ring is 1. The van der Waals surface area contributed by atoms with Crippen LogP contribution in [-0.4, -0.2) is 6.09 Å². The lowest BCUT2D eigenvalue weighted by molar-refractivity contribution is 0.155. The van der Waals surface area contributed by atoms with Gasteiger partial charge in [0.15, 0.2) is 0 Å². The van der Waals surface area contributed by atoms with E-state index in [2.05, 4.69) is 5.32 Å². The van der Waals surface area contributed by atoms with E-state index >= 15 is 0 Å². The van der Waals surface area contributed by atoms with Gasteiger partial charge in [0.25, 0.3) is 0 Å². The summed E-state index contributed by atoms with van der Waals surface area (Å²) in [6, 6.07) is 12.4. The molecule has 0 unspecified atom stereocenters. The SMILES string of the molecule is Nc1c(Cl)cc(NC(=O)OCc2ccccc2)cc1Cl. The van der Waals surface area contributed by atoms with Crippen LogP contribution < -0.4 is 11.1 Å². The molecule has 0 saturated carbocycles. The number of ether oxygens (including phenoxy) is 1. The molecule has 0 heterocycles. The van der Waals surface area contributed by atoms with Crippen LogP contribution in [0, 0.1) is 0 Å². The van der Waals surface area contributed by atoms with Crippen LogP contribution in [0.3, 0.4) is 0 Å². The zero-order valence-corrected chi connectivity index (χ0v) is 11.9. The Labute approximate surface area is 126 Å². The van der Waals surface area contributed by atoms with Gasteiger partial charge in [0.05, 0.1) is 15.7 Å². The average Bonchev–Trinajstić information content (AvgIpc) is 2.43. The van der Waals surface area contributed by atoms with E-state index in [4.69, 9.17) is 33.7 Å². The normalized spacial score (nSPS) is 10.1. The van der Waals surface area contributed by atoms with E-state index in [9.17, 15) is 4.79 Å². The summed E-state index contributed by atoms with van der Waals surface area (Å²) in [5, 5.41) is 3.08. The Morgan fingerprint density at radius 2 is 1.75 bits per heavy atom. The third-order valence-corrected chi connectivity index (χ3v) is 3.16. The van der Waals surface area contributed by atoms with Crippen molar-refractivity contribution in [2.75, 3.05) is 11.1 Å². The Kier molecular flexibility index (Phi) is 4.71. The minimum Gasteiger partial charge on any atom is -0.444 e. The van der Waals surface area contributed by atoms with Gasteiger partial charge in [-0.15, -0.1) is 0 Å². The van der Waals surface area contributed by atoms with Gasteiger partial charge in [-0.25, -0.2) is 4.79 Å². The largest absolute Gasteiger partial charge is 0.444 e. The molecule has 0 aliphatic rings. The summed E-state index contributed by atoms with van der Waals surface area (Å²) in [5.41, 5.74) is 7.21. The zero-order chi connectivity index (χ0) is 14.5. The molecule has 0 aromatic heterocycles. The Bertz CT molecular complexity index is 595. The fourth-order valence-electron chi connectivity index (χ4n) is 1.53. The molecule has 2 rings (SSSR count). The van der Waals surface area contributed by atoms with Crippen LogP contribution in [0.1, 0.15) is 5.56 Å². The molecule has 3 N–H and O–H groups in total. The fraction of sp³-hybridized carbons (Fsp3) is 0.0714. The van der Waals surface area contributed by atoms with E-state index in [1.807, 2.05) is 30.3 Å². The van der Waals surface area contributed by atoms with Gasteiger partial charge in [0.1, 0.15) is 6.61 Å². The lowest BCUT2D eigenvalue weighted by atomic mass is 10.2. The number of rotatable bonds is 3. The highest BCUT2D eigenvalue weighted by Crippen LogP contribution is 2.31. The van der Waals surface area contributed by atoms with Gasteiger partial charge < -0.3 is 10.5 Å². The molecule has 0 spiro atoms. The van der Waals surface area contributed by atoms with Crippen LogP contribution in [0.15, 0.2) is 42.5 Å². The molecule has 4 nitrogen and oxygen atoms in total. The van der Waals surface area contributed by atoms with Crippen molar-refractivity contribution < 1.29 is 9.53 Å². The first kappa shape index (κ1) is 14.5. The van der Waals surface area contributed by atoms with Crippen LogP contribution in [-0.2, 0) is 11.3 Å². The lowest BCUT2D eigenvalue weighted by Gasteiger charge is -2.09. The number of halogens is 2. The van der Waals surface area contributed by atoms with Crippen molar-refractivity contribution in [1.29, 1.82) is 0 Å². The zero-order valence-electron chi connectivity index (χ0n) is 10.4. The summed E-state index contributed by atoms with van der Waals surface area (Å²) in [6.45, 7) is 0.184. The van der Waals surface area contributed by atoms with E-state index < -0.39 is 6.09 Å². The number of nitrogens with two attached hydrogens (primary N) is 1. The van der Waals surface area contributed by atoms with Gasteiger partial charge in [0, 0.05) is 5.69 Å². The molecule has 2 aromatic rings. The highest BCUT2D eigenvalue weighted by Gasteiger charge is 2.08. The van der Waals surface area contributed by atoms with Crippen molar-refractivity contribution in [2.45, 2.75) is 6.61 Å². The Balaban J connectivity index is 1.95.